The van der Waals surface area contributed by atoms with Gasteiger partial charge in [-0.1, -0.05) is 91.0 Å². The number of fused-ring (bicyclic) bond motifs is 3. The van der Waals surface area contributed by atoms with E-state index in [0.29, 0.717) is 12.8 Å². The number of anilines is 1. The summed E-state index contributed by atoms with van der Waals surface area (Å²) in [5.41, 5.74) is 10.7. The number of rotatable bonds is 5. The van der Waals surface area contributed by atoms with Crippen molar-refractivity contribution in [2.75, 3.05) is 5.73 Å². The summed E-state index contributed by atoms with van der Waals surface area (Å²) in [6, 6.07) is 34.7. The van der Waals surface area contributed by atoms with Gasteiger partial charge in [0.05, 0.1) is 0 Å². The van der Waals surface area contributed by atoms with Crippen LogP contribution in [-0.4, -0.2) is 5.78 Å². The third-order valence-electron chi connectivity index (χ3n) is 5.91. The number of Topliss-reactive ketones (excluding diaryl/α,β-unsaturated/α-hetero) is 1. The highest BCUT2D eigenvalue weighted by atomic mass is 16.1. The zero-order valence-corrected chi connectivity index (χ0v) is 17.2. The average Bonchev–Trinajstić information content (AvgIpc) is 2.81. The molecule has 2 nitrogen and oxygen atoms in total. The predicted octanol–water partition coefficient (Wildman–Crippen LogP) is 6.59. The van der Waals surface area contributed by atoms with Gasteiger partial charge in [0.1, 0.15) is 0 Å². The van der Waals surface area contributed by atoms with Crippen molar-refractivity contribution in [3.63, 3.8) is 0 Å². The highest BCUT2D eigenvalue weighted by molar-refractivity contribution is 6.12. The molecule has 0 spiro atoms. The molecule has 5 aromatic rings. The summed E-state index contributed by atoms with van der Waals surface area (Å²) >= 11 is 0. The van der Waals surface area contributed by atoms with Crippen LogP contribution in [0.2, 0.25) is 0 Å². The fraction of sp³-hybridized carbons (Fsp3) is 0.0690. The molecular weight excluding hydrogens is 378 g/mol. The van der Waals surface area contributed by atoms with Gasteiger partial charge in [-0.2, -0.15) is 0 Å². The minimum atomic E-state index is 0.145. The summed E-state index contributed by atoms with van der Waals surface area (Å²) in [5.74, 6) is 0.145. The van der Waals surface area contributed by atoms with Gasteiger partial charge < -0.3 is 5.73 Å². The summed E-state index contributed by atoms with van der Waals surface area (Å²) in [5, 5.41) is 4.73. The lowest BCUT2D eigenvalue weighted by molar-refractivity contribution is 0.0992. The minimum Gasteiger partial charge on any atom is -0.399 e. The highest BCUT2D eigenvalue weighted by Gasteiger charge is 2.16. The number of carbonyl (C=O) groups is 1. The van der Waals surface area contributed by atoms with E-state index in [1.807, 2.05) is 60.7 Å². The van der Waals surface area contributed by atoms with Crippen LogP contribution in [0, 0.1) is 0 Å². The minimum absolute atomic E-state index is 0.145. The first-order chi connectivity index (χ1) is 15.2. The van der Waals surface area contributed by atoms with Crippen LogP contribution in [0.1, 0.15) is 27.0 Å². The number of carbonyl (C=O) groups excluding carboxylic acids is 1. The Hall–Kier alpha value is -3.91. The van der Waals surface area contributed by atoms with E-state index in [-0.39, 0.29) is 5.78 Å². The summed E-state index contributed by atoms with van der Waals surface area (Å²) in [7, 11) is 0. The predicted molar refractivity (Wildman–Crippen MR) is 130 cm³/mol. The van der Waals surface area contributed by atoms with Gasteiger partial charge in [0.25, 0.3) is 0 Å². The number of ketones is 1. The van der Waals surface area contributed by atoms with Crippen molar-refractivity contribution in [2.45, 2.75) is 12.8 Å². The van der Waals surface area contributed by atoms with Gasteiger partial charge in [0, 0.05) is 17.7 Å². The topological polar surface area (TPSA) is 43.1 Å². The number of hydrogen-bond acceptors (Lipinski definition) is 2. The van der Waals surface area contributed by atoms with Crippen LogP contribution < -0.4 is 5.73 Å². The second kappa shape index (κ2) is 8.08. The molecule has 0 amide bonds. The van der Waals surface area contributed by atoms with Crippen LogP contribution in [-0.2, 0) is 12.8 Å². The molecule has 0 aliphatic heterocycles. The molecule has 31 heavy (non-hydrogen) atoms. The first-order valence-corrected chi connectivity index (χ1v) is 10.5. The molecule has 0 saturated heterocycles. The number of nitrogen functional groups attached to an aromatic ring is 1. The first-order valence-electron chi connectivity index (χ1n) is 10.5. The SMILES string of the molecule is Nc1ccc(Cc2c(C(=O)Cc3ccccc3)ccc3c2ccc2ccccc23)cc1. The summed E-state index contributed by atoms with van der Waals surface area (Å²) in [4.78, 5) is 13.4. The molecule has 0 bridgehead atoms. The molecule has 0 aliphatic carbocycles. The van der Waals surface area contributed by atoms with Gasteiger partial charge in [-0.15, -0.1) is 0 Å². The Morgan fingerprint density at radius 3 is 2.13 bits per heavy atom. The fourth-order valence-corrected chi connectivity index (χ4v) is 4.32. The summed E-state index contributed by atoms with van der Waals surface area (Å²) in [6.07, 6.45) is 1.08. The molecule has 5 rings (SSSR count). The molecule has 0 fully saturated rings. The Morgan fingerprint density at radius 2 is 1.32 bits per heavy atom. The van der Waals surface area contributed by atoms with Gasteiger partial charge in [0.15, 0.2) is 5.78 Å². The van der Waals surface area contributed by atoms with E-state index in [2.05, 4.69) is 42.5 Å². The average molecular weight is 402 g/mol. The van der Waals surface area contributed by atoms with Gasteiger partial charge in [-0.25, -0.2) is 0 Å². The standard InChI is InChI=1S/C29H23NO/c30-23-13-10-21(11-14-23)18-28-26-15-12-22-8-4-5-9-24(22)25(26)16-17-27(28)29(31)19-20-6-2-1-3-7-20/h1-17H,18-19,30H2. The van der Waals surface area contributed by atoms with E-state index >= 15 is 0 Å². The van der Waals surface area contributed by atoms with Crippen molar-refractivity contribution in [2.24, 2.45) is 0 Å². The molecule has 0 heterocycles. The molecule has 2 heteroatoms. The van der Waals surface area contributed by atoms with Crippen LogP contribution in [0.4, 0.5) is 5.69 Å². The normalized spacial score (nSPS) is 11.1. The molecule has 0 saturated carbocycles. The number of nitrogens with two attached hydrogens (primary N) is 1. The molecule has 5 aromatic carbocycles. The lowest BCUT2D eigenvalue weighted by Crippen LogP contribution is -2.08. The third-order valence-corrected chi connectivity index (χ3v) is 5.91. The zero-order chi connectivity index (χ0) is 21.2. The Labute approximate surface area is 182 Å². The smallest absolute Gasteiger partial charge is 0.167 e. The van der Waals surface area contributed by atoms with Gasteiger partial charge >= 0.3 is 0 Å². The summed E-state index contributed by atoms with van der Waals surface area (Å²) < 4.78 is 0. The van der Waals surface area contributed by atoms with E-state index in [4.69, 9.17) is 5.73 Å². The largest absolute Gasteiger partial charge is 0.399 e. The molecule has 2 N–H and O–H groups in total. The maximum atomic E-state index is 13.4. The fourth-order valence-electron chi connectivity index (χ4n) is 4.32. The second-order valence-corrected chi connectivity index (χ2v) is 7.98. The quantitative estimate of drug-likeness (QED) is 0.205. The Bertz CT molecular complexity index is 1390. The van der Waals surface area contributed by atoms with Crippen LogP contribution in [0.25, 0.3) is 21.5 Å². The molecular formula is C29H23NO. The van der Waals surface area contributed by atoms with Crippen molar-refractivity contribution in [3.05, 3.63) is 125 Å². The monoisotopic (exact) mass is 401 g/mol. The molecule has 0 atom stereocenters. The van der Waals surface area contributed by atoms with E-state index in [1.165, 1.54) is 16.2 Å². The molecule has 0 aliphatic rings. The molecule has 0 unspecified atom stereocenters. The van der Waals surface area contributed by atoms with Gasteiger partial charge in [-0.05, 0) is 56.8 Å². The van der Waals surface area contributed by atoms with Crippen LogP contribution >= 0.6 is 0 Å². The van der Waals surface area contributed by atoms with Crippen molar-refractivity contribution in [1.82, 2.24) is 0 Å². The van der Waals surface area contributed by atoms with Crippen LogP contribution in [0.3, 0.4) is 0 Å². The zero-order valence-electron chi connectivity index (χ0n) is 17.2. The third kappa shape index (κ3) is 3.80. The first kappa shape index (κ1) is 19.1. The van der Waals surface area contributed by atoms with Crippen molar-refractivity contribution in [1.29, 1.82) is 0 Å². The highest BCUT2D eigenvalue weighted by Crippen LogP contribution is 2.32. The van der Waals surface area contributed by atoms with E-state index in [1.54, 1.807) is 0 Å². The second-order valence-electron chi connectivity index (χ2n) is 7.98. The lowest BCUT2D eigenvalue weighted by Gasteiger charge is -2.15. The van der Waals surface area contributed by atoms with Gasteiger partial charge in [0.2, 0.25) is 0 Å². The molecule has 150 valence electrons. The molecule has 0 aromatic heterocycles. The van der Waals surface area contributed by atoms with Gasteiger partial charge in [-0.3, -0.25) is 4.79 Å². The Morgan fingerprint density at radius 1 is 0.613 bits per heavy atom. The van der Waals surface area contributed by atoms with Crippen molar-refractivity contribution < 1.29 is 4.79 Å². The lowest BCUT2D eigenvalue weighted by atomic mass is 9.88. The van der Waals surface area contributed by atoms with Crippen LogP contribution in [0.15, 0.2) is 103 Å². The number of hydrogen-bond donors (Lipinski definition) is 1. The van der Waals surface area contributed by atoms with E-state index < -0.39 is 0 Å². The van der Waals surface area contributed by atoms with E-state index in [0.717, 1.165) is 33.3 Å². The Kier molecular flexibility index (Phi) is 4.97. The summed E-state index contributed by atoms with van der Waals surface area (Å²) in [6.45, 7) is 0. The van der Waals surface area contributed by atoms with E-state index in [9.17, 15) is 4.79 Å². The van der Waals surface area contributed by atoms with Crippen molar-refractivity contribution >= 4 is 33.0 Å². The maximum Gasteiger partial charge on any atom is 0.167 e. The van der Waals surface area contributed by atoms with Crippen LogP contribution in [0.5, 0.6) is 0 Å². The van der Waals surface area contributed by atoms with Crippen molar-refractivity contribution in [3.8, 4) is 0 Å². The number of benzene rings is 5. The molecule has 0 radical (unpaired) electrons. The maximum absolute atomic E-state index is 13.4. The Balaban J connectivity index is 1.67.